The molecule has 14 heavy (non-hydrogen) atoms. The van der Waals surface area contributed by atoms with Crippen molar-refractivity contribution in [3.63, 3.8) is 0 Å². The van der Waals surface area contributed by atoms with E-state index in [2.05, 4.69) is 17.1 Å². The van der Waals surface area contributed by atoms with Crippen LogP contribution in [0.1, 0.15) is 19.8 Å². The molecule has 0 bridgehead atoms. The first kappa shape index (κ1) is 11.0. The van der Waals surface area contributed by atoms with E-state index >= 15 is 0 Å². The van der Waals surface area contributed by atoms with Crippen molar-refractivity contribution in [3.05, 3.63) is 21.6 Å². The Hall–Kier alpha value is -1.03. The average molecular weight is 216 g/mol. The Kier molecular flexibility index (Phi) is 3.95. The summed E-state index contributed by atoms with van der Waals surface area (Å²) < 4.78 is 0. The summed E-state index contributed by atoms with van der Waals surface area (Å²) >= 11 is 5.88. The number of anilines is 1. The summed E-state index contributed by atoms with van der Waals surface area (Å²) in [7, 11) is 1.85. The third-order valence-electron chi connectivity index (χ3n) is 2.01. The minimum absolute atomic E-state index is 0.240. The van der Waals surface area contributed by atoms with Crippen LogP contribution in [0.3, 0.4) is 0 Å². The van der Waals surface area contributed by atoms with E-state index in [1.807, 2.05) is 11.9 Å². The van der Waals surface area contributed by atoms with Gasteiger partial charge < -0.3 is 4.90 Å². The first-order chi connectivity index (χ1) is 6.66. The molecule has 1 aromatic rings. The monoisotopic (exact) mass is 215 g/mol. The Balaban J connectivity index is 2.88. The van der Waals surface area contributed by atoms with Crippen molar-refractivity contribution in [1.82, 2.24) is 10.2 Å². The first-order valence-corrected chi connectivity index (χ1v) is 4.99. The van der Waals surface area contributed by atoms with Crippen molar-refractivity contribution < 1.29 is 0 Å². The number of rotatable bonds is 4. The molecule has 5 heteroatoms. The molecule has 78 valence electrons. The van der Waals surface area contributed by atoms with E-state index in [4.69, 9.17) is 11.6 Å². The normalized spacial score (nSPS) is 10.2. The summed E-state index contributed by atoms with van der Waals surface area (Å²) in [6.07, 6.45) is 3.57. The number of H-pyrrole nitrogens is 1. The van der Waals surface area contributed by atoms with E-state index in [-0.39, 0.29) is 5.56 Å². The van der Waals surface area contributed by atoms with Gasteiger partial charge in [0.1, 0.15) is 5.69 Å². The number of aromatic amines is 1. The minimum atomic E-state index is -0.240. The second-order valence-corrected chi connectivity index (χ2v) is 3.58. The molecule has 0 aliphatic carbocycles. The van der Waals surface area contributed by atoms with Gasteiger partial charge in [-0.05, 0) is 6.42 Å². The predicted octanol–water partition coefficient (Wildman–Crippen LogP) is 1.66. The summed E-state index contributed by atoms with van der Waals surface area (Å²) in [4.78, 5) is 13.3. The Labute approximate surface area is 87.9 Å². The molecule has 0 saturated heterocycles. The molecule has 0 aliphatic rings. The van der Waals surface area contributed by atoms with Crippen molar-refractivity contribution in [3.8, 4) is 0 Å². The molecule has 1 rings (SSSR count). The molecular formula is C9H14ClN3O. The van der Waals surface area contributed by atoms with Crippen LogP contribution >= 0.6 is 11.6 Å². The van der Waals surface area contributed by atoms with Crippen LogP contribution in [0.25, 0.3) is 0 Å². The van der Waals surface area contributed by atoms with Crippen LogP contribution < -0.4 is 10.5 Å². The molecule has 0 saturated carbocycles. The third kappa shape index (κ3) is 2.48. The highest BCUT2D eigenvalue weighted by Gasteiger charge is 2.09. The number of halogens is 1. The van der Waals surface area contributed by atoms with E-state index in [9.17, 15) is 4.79 Å². The lowest BCUT2D eigenvalue weighted by Crippen LogP contribution is -2.26. The van der Waals surface area contributed by atoms with E-state index in [0.717, 1.165) is 19.4 Å². The maximum atomic E-state index is 11.4. The van der Waals surface area contributed by atoms with E-state index in [1.165, 1.54) is 6.20 Å². The predicted molar refractivity (Wildman–Crippen MR) is 58.0 cm³/mol. The second kappa shape index (κ2) is 5.00. The molecule has 1 aromatic heterocycles. The summed E-state index contributed by atoms with van der Waals surface area (Å²) in [5.41, 5.74) is 0.256. The summed E-state index contributed by atoms with van der Waals surface area (Å²) in [6.45, 7) is 2.93. The number of hydrogen-bond donors (Lipinski definition) is 1. The van der Waals surface area contributed by atoms with E-state index in [0.29, 0.717) is 10.7 Å². The molecule has 0 aromatic carbocycles. The molecule has 1 heterocycles. The molecule has 0 radical (unpaired) electrons. The average Bonchev–Trinajstić information content (AvgIpc) is 2.14. The lowest BCUT2D eigenvalue weighted by Gasteiger charge is -2.18. The van der Waals surface area contributed by atoms with Gasteiger partial charge in [0, 0.05) is 13.6 Å². The van der Waals surface area contributed by atoms with Gasteiger partial charge in [-0.25, -0.2) is 5.10 Å². The van der Waals surface area contributed by atoms with Gasteiger partial charge in [0.05, 0.1) is 11.2 Å². The molecule has 0 aliphatic heterocycles. The van der Waals surface area contributed by atoms with Crippen molar-refractivity contribution in [2.45, 2.75) is 19.8 Å². The zero-order valence-electron chi connectivity index (χ0n) is 8.38. The Bertz CT molecular complexity index is 350. The van der Waals surface area contributed by atoms with E-state index < -0.39 is 0 Å². The van der Waals surface area contributed by atoms with Crippen molar-refractivity contribution >= 4 is 17.3 Å². The molecule has 1 N–H and O–H groups in total. The van der Waals surface area contributed by atoms with Gasteiger partial charge in [0.2, 0.25) is 0 Å². The zero-order chi connectivity index (χ0) is 10.6. The van der Waals surface area contributed by atoms with Gasteiger partial charge >= 0.3 is 0 Å². The van der Waals surface area contributed by atoms with Gasteiger partial charge in [0.15, 0.2) is 0 Å². The topological polar surface area (TPSA) is 49.0 Å². The number of hydrogen-bond acceptors (Lipinski definition) is 3. The minimum Gasteiger partial charge on any atom is -0.369 e. The Morgan fingerprint density at radius 3 is 2.93 bits per heavy atom. The smallest absolute Gasteiger partial charge is 0.289 e. The van der Waals surface area contributed by atoms with Crippen molar-refractivity contribution in [2.75, 3.05) is 18.5 Å². The highest BCUT2D eigenvalue weighted by molar-refractivity contribution is 6.33. The van der Waals surface area contributed by atoms with Crippen LogP contribution in [0.4, 0.5) is 5.69 Å². The molecule has 0 atom stereocenters. The lowest BCUT2D eigenvalue weighted by atomic mass is 10.3. The van der Waals surface area contributed by atoms with Gasteiger partial charge in [-0.15, -0.1) is 0 Å². The van der Waals surface area contributed by atoms with E-state index in [1.54, 1.807) is 0 Å². The number of nitrogens with one attached hydrogen (secondary N) is 1. The molecular weight excluding hydrogens is 202 g/mol. The highest BCUT2D eigenvalue weighted by atomic mass is 35.5. The Morgan fingerprint density at radius 1 is 1.64 bits per heavy atom. The van der Waals surface area contributed by atoms with Crippen LogP contribution in [0.15, 0.2) is 11.0 Å². The van der Waals surface area contributed by atoms with Crippen LogP contribution in [-0.2, 0) is 0 Å². The number of unbranched alkanes of at least 4 members (excludes halogenated alkanes) is 1. The fourth-order valence-corrected chi connectivity index (χ4v) is 1.51. The third-order valence-corrected chi connectivity index (χ3v) is 2.29. The van der Waals surface area contributed by atoms with Crippen LogP contribution in [0.2, 0.25) is 5.02 Å². The van der Waals surface area contributed by atoms with Crippen LogP contribution in [-0.4, -0.2) is 23.8 Å². The summed E-state index contributed by atoms with van der Waals surface area (Å²) in [5.74, 6) is 0. The second-order valence-electron chi connectivity index (χ2n) is 3.17. The summed E-state index contributed by atoms with van der Waals surface area (Å²) in [6, 6.07) is 0. The number of aromatic nitrogens is 2. The maximum absolute atomic E-state index is 11.4. The SMILES string of the molecule is CCCCN(C)c1c(Cl)cn[nH]c1=O. The quantitative estimate of drug-likeness (QED) is 0.831. The molecule has 0 unspecified atom stereocenters. The largest absolute Gasteiger partial charge is 0.369 e. The van der Waals surface area contributed by atoms with Crippen molar-refractivity contribution in [1.29, 1.82) is 0 Å². The zero-order valence-corrected chi connectivity index (χ0v) is 9.14. The summed E-state index contributed by atoms with van der Waals surface area (Å²) in [5, 5.41) is 6.37. The van der Waals surface area contributed by atoms with Gasteiger partial charge in [-0.1, -0.05) is 24.9 Å². The van der Waals surface area contributed by atoms with Crippen LogP contribution in [0.5, 0.6) is 0 Å². The number of nitrogens with zero attached hydrogens (tertiary/aromatic N) is 2. The first-order valence-electron chi connectivity index (χ1n) is 4.61. The van der Waals surface area contributed by atoms with Gasteiger partial charge in [0.25, 0.3) is 5.56 Å². The molecule has 0 spiro atoms. The maximum Gasteiger partial charge on any atom is 0.289 e. The molecule has 0 amide bonds. The highest BCUT2D eigenvalue weighted by Crippen LogP contribution is 2.18. The molecule has 4 nitrogen and oxygen atoms in total. The fraction of sp³-hybridized carbons (Fsp3) is 0.556. The fourth-order valence-electron chi connectivity index (χ4n) is 1.23. The van der Waals surface area contributed by atoms with Crippen molar-refractivity contribution in [2.24, 2.45) is 0 Å². The van der Waals surface area contributed by atoms with Gasteiger partial charge in [-0.3, -0.25) is 4.79 Å². The lowest BCUT2D eigenvalue weighted by molar-refractivity contribution is 0.760. The van der Waals surface area contributed by atoms with Gasteiger partial charge in [-0.2, -0.15) is 5.10 Å². The van der Waals surface area contributed by atoms with Crippen LogP contribution in [0, 0.1) is 0 Å². The molecule has 0 fully saturated rings. The Morgan fingerprint density at radius 2 is 2.36 bits per heavy atom. The standard InChI is InChI=1S/C9H14ClN3O/c1-3-4-5-13(2)8-7(10)6-11-12-9(8)14/h6H,3-5H2,1-2H3,(H,12,14).